The maximum atomic E-state index is 12.1. The molecule has 0 saturated carbocycles. The number of hydrogen-bond acceptors (Lipinski definition) is 2. The van der Waals surface area contributed by atoms with Crippen molar-refractivity contribution in [2.75, 3.05) is 12.3 Å². The van der Waals surface area contributed by atoms with Gasteiger partial charge in [-0.3, -0.25) is 4.79 Å². The van der Waals surface area contributed by atoms with E-state index in [-0.39, 0.29) is 23.7 Å². The second kappa shape index (κ2) is 9.69. The molecule has 2 aromatic carbocycles. The topological polar surface area (TPSA) is 55.1 Å². The molecule has 0 aromatic heterocycles. The van der Waals surface area contributed by atoms with Crippen molar-refractivity contribution in [3.63, 3.8) is 0 Å². The average molecular weight is 381 g/mol. The Morgan fingerprint density at radius 2 is 1.88 bits per heavy atom. The summed E-state index contributed by atoms with van der Waals surface area (Å²) < 4.78 is 0. The van der Waals surface area contributed by atoms with Crippen LogP contribution in [0, 0.1) is 5.41 Å². The highest BCUT2D eigenvalue weighted by atomic mass is 35.5. The van der Waals surface area contributed by atoms with E-state index < -0.39 is 0 Å². The van der Waals surface area contributed by atoms with Gasteiger partial charge < -0.3 is 11.1 Å². The van der Waals surface area contributed by atoms with E-state index in [1.54, 1.807) is 0 Å². The molecule has 3 nitrogen and oxygen atoms in total. The summed E-state index contributed by atoms with van der Waals surface area (Å²) >= 11 is 6.03. The van der Waals surface area contributed by atoms with Crippen molar-refractivity contribution in [1.82, 2.24) is 5.32 Å². The van der Waals surface area contributed by atoms with Crippen molar-refractivity contribution in [2.24, 2.45) is 5.41 Å². The van der Waals surface area contributed by atoms with Gasteiger partial charge in [0.1, 0.15) is 0 Å². The number of carbonyl (C=O) groups excluding carboxylic acids is 1. The minimum atomic E-state index is -0.0356. The Morgan fingerprint density at radius 1 is 1.16 bits per heavy atom. The highest BCUT2D eigenvalue weighted by Gasteiger charge is 2.19. The number of anilines is 1. The zero-order valence-electron chi connectivity index (χ0n) is 14.7. The van der Waals surface area contributed by atoms with Crippen LogP contribution in [0.2, 0.25) is 5.02 Å². The van der Waals surface area contributed by atoms with Crippen LogP contribution in [0.3, 0.4) is 0 Å². The quantitative estimate of drug-likeness (QED) is 0.686. The first-order valence-corrected chi connectivity index (χ1v) is 8.58. The van der Waals surface area contributed by atoms with Crippen LogP contribution in [0.5, 0.6) is 0 Å². The SMILES string of the molecule is CC(C)(CNC(=O)CCc1ccccc1N)Cc1cccc(Cl)c1.Cl. The number of carbonyl (C=O) groups is 1. The van der Waals surface area contributed by atoms with Crippen molar-refractivity contribution >= 4 is 35.6 Å². The summed E-state index contributed by atoms with van der Waals surface area (Å²) in [6, 6.07) is 15.5. The Hall–Kier alpha value is -1.71. The van der Waals surface area contributed by atoms with Crippen LogP contribution in [0.25, 0.3) is 0 Å². The Balaban J connectivity index is 0.00000312. The predicted molar refractivity (Wildman–Crippen MR) is 108 cm³/mol. The monoisotopic (exact) mass is 380 g/mol. The zero-order chi connectivity index (χ0) is 17.6. The molecule has 0 heterocycles. The Bertz CT molecular complexity index is 702. The predicted octanol–water partition coefficient (Wildman–Crippen LogP) is 4.66. The van der Waals surface area contributed by atoms with Crippen LogP contribution in [0.4, 0.5) is 5.69 Å². The van der Waals surface area contributed by atoms with Gasteiger partial charge in [-0.05, 0) is 47.6 Å². The molecule has 5 heteroatoms. The molecule has 1 amide bonds. The molecule has 0 spiro atoms. The normalized spacial score (nSPS) is 10.8. The standard InChI is InChI=1S/C20H25ClN2O.ClH/c1-20(2,13-15-6-5-8-17(21)12-15)14-23-19(24)11-10-16-7-3-4-9-18(16)22;/h3-9,12H,10-11,13-14,22H2,1-2H3,(H,23,24);1H. The van der Waals surface area contributed by atoms with Gasteiger partial charge in [0.15, 0.2) is 0 Å². The molecule has 136 valence electrons. The number of para-hydroxylation sites is 1. The first-order chi connectivity index (χ1) is 11.4. The van der Waals surface area contributed by atoms with Gasteiger partial charge in [0.25, 0.3) is 0 Å². The van der Waals surface area contributed by atoms with Crippen LogP contribution in [0.15, 0.2) is 48.5 Å². The lowest BCUT2D eigenvalue weighted by Gasteiger charge is -2.25. The van der Waals surface area contributed by atoms with E-state index in [0.717, 1.165) is 22.7 Å². The second-order valence-corrected chi connectivity index (χ2v) is 7.38. The maximum absolute atomic E-state index is 12.1. The largest absolute Gasteiger partial charge is 0.399 e. The number of benzene rings is 2. The Kier molecular flexibility index (Phi) is 8.27. The average Bonchev–Trinajstić information content (AvgIpc) is 2.52. The van der Waals surface area contributed by atoms with Gasteiger partial charge in [-0.15, -0.1) is 12.4 Å². The van der Waals surface area contributed by atoms with E-state index in [4.69, 9.17) is 17.3 Å². The first kappa shape index (κ1) is 21.3. The molecule has 0 fully saturated rings. The fraction of sp³-hybridized carbons (Fsp3) is 0.350. The molecule has 2 rings (SSSR count). The minimum absolute atomic E-state index is 0. The molecule has 0 atom stereocenters. The number of rotatable bonds is 7. The summed E-state index contributed by atoms with van der Waals surface area (Å²) in [4.78, 5) is 12.1. The highest BCUT2D eigenvalue weighted by Crippen LogP contribution is 2.23. The van der Waals surface area contributed by atoms with Crippen molar-refractivity contribution in [2.45, 2.75) is 33.1 Å². The molecule has 0 aliphatic heterocycles. The third-order valence-electron chi connectivity index (χ3n) is 4.01. The fourth-order valence-electron chi connectivity index (χ4n) is 2.70. The number of aryl methyl sites for hydroxylation is 1. The lowest BCUT2D eigenvalue weighted by molar-refractivity contribution is -0.121. The van der Waals surface area contributed by atoms with Crippen LogP contribution < -0.4 is 11.1 Å². The van der Waals surface area contributed by atoms with Crippen molar-refractivity contribution in [3.8, 4) is 0 Å². The summed E-state index contributed by atoms with van der Waals surface area (Å²) in [7, 11) is 0. The highest BCUT2D eigenvalue weighted by molar-refractivity contribution is 6.30. The Morgan fingerprint density at radius 3 is 2.56 bits per heavy atom. The van der Waals surface area contributed by atoms with E-state index in [1.165, 1.54) is 5.56 Å². The van der Waals surface area contributed by atoms with Crippen molar-refractivity contribution < 1.29 is 4.79 Å². The van der Waals surface area contributed by atoms with Crippen molar-refractivity contribution in [1.29, 1.82) is 0 Å². The summed E-state index contributed by atoms with van der Waals surface area (Å²) in [5, 5.41) is 3.78. The Labute approximate surface area is 161 Å². The molecule has 0 radical (unpaired) electrons. The molecule has 0 aliphatic carbocycles. The van der Waals surface area contributed by atoms with Gasteiger partial charge >= 0.3 is 0 Å². The van der Waals surface area contributed by atoms with Gasteiger partial charge in [-0.25, -0.2) is 0 Å². The molecular formula is C20H26Cl2N2O. The number of nitrogens with one attached hydrogen (secondary N) is 1. The first-order valence-electron chi connectivity index (χ1n) is 8.20. The van der Waals surface area contributed by atoms with Gasteiger partial charge in [0.05, 0.1) is 0 Å². The molecule has 0 unspecified atom stereocenters. The van der Waals surface area contributed by atoms with Gasteiger partial charge in [-0.2, -0.15) is 0 Å². The van der Waals surface area contributed by atoms with Crippen LogP contribution in [-0.2, 0) is 17.6 Å². The lowest BCUT2D eigenvalue weighted by atomic mass is 9.85. The number of halogens is 2. The van der Waals surface area contributed by atoms with Gasteiger partial charge in [-0.1, -0.05) is 55.8 Å². The lowest BCUT2D eigenvalue weighted by Crippen LogP contribution is -2.35. The van der Waals surface area contributed by atoms with E-state index in [0.29, 0.717) is 19.4 Å². The van der Waals surface area contributed by atoms with Crippen LogP contribution in [0.1, 0.15) is 31.4 Å². The zero-order valence-corrected chi connectivity index (χ0v) is 16.3. The summed E-state index contributed by atoms with van der Waals surface area (Å²) in [6.07, 6.45) is 1.97. The minimum Gasteiger partial charge on any atom is -0.399 e. The molecule has 0 saturated heterocycles. The smallest absolute Gasteiger partial charge is 0.220 e. The molecule has 0 aliphatic rings. The number of amides is 1. The third kappa shape index (κ3) is 7.37. The maximum Gasteiger partial charge on any atom is 0.220 e. The third-order valence-corrected chi connectivity index (χ3v) is 4.25. The van der Waals surface area contributed by atoms with Gasteiger partial charge in [0, 0.05) is 23.7 Å². The van der Waals surface area contributed by atoms with Gasteiger partial charge in [0.2, 0.25) is 5.91 Å². The number of nitrogen functional groups attached to an aromatic ring is 1. The van der Waals surface area contributed by atoms with E-state index >= 15 is 0 Å². The van der Waals surface area contributed by atoms with Crippen molar-refractivity contribution in [3.05, 3.63) is 64.7 Å². The van der Waals surface area contributed by atoms with E-state index in [9.17, 15) is 4.79 Å². The molecule has 3 N–H and O–H groups in total. The fourth-order valence-corrected chi connectivity index (χ4v) is 2.91. The molecule has 0 bridgehead atoms. The van der Waals surface area contributed by atoms with Crippen LogP contribution >= 0.6 is 24.0 Å². The van der Waals surface area contributed by atoms with E-state index in [1.807, 2.05) is 42.5 Å². The summed E-state index contributed by atoms with van der Waals surface area (Å²) in [6.45, 7) is 4.91. The number of hydrogen-bond donors (Lipinski definition) is 2. The second-order valence-electron chi connectivity index (χ2n) is 6.95. The molecule has 2 aromatic rings. The summed E-state index contributed by atoms with van der Waals surface area (Å²) in [5.41, 5.74) is 8.81. The molecule has 25 heavy (non-hydrogen) atoms. The summed E-state index contributed by atoms with van der Waals surface area (Å²) in [5.74, 6) is 0.0532. The molecular weight excluding hydrogens is 355 g/mol. The number of nitrogens with two attached hydrogens (primary N) is 1. The van der Waals surface area contributed by atoms with E-state index in [2.05, 4.69) is 25.2 Å². The van der Waals surface area contributed by atoms with Crippen LogP contribution in [-0.4, -0.2) is 12.5 Å².